The maximum Gasteiger partial charge on any atom is 0.247 e. The lowest BCUT2D eigenvalue weighted by molar-refractivity contribution is -0.127. The molecule has 1 amide bonds. The average Bonchev–Trinajstić information content (AvgIpc) is 2.47. The quantitative estimate of drug-likeness (QED) is 0.850. The van der Waals surface area contributed by atoms with Gasteiger partial charge < -0.3 is 15.4 Å². The van der Waals surface area contributed by atoms with Crippen molar-refractivity contribution in [2.24, 2.45) is 5.73 Å². The number of hydrogen-bond donors (Lipinski definition) is 1. The number of rotatable bonds is 1. The molecule has 1 fully saturated rings. The highest BCUT2D eigenvalue weighted by Gasteiger charge is 2.42. The second kappa shape index (κ2) is 5.19. The Morgan fingerprint density at radius 1 is 1.35 bits per heavy atom. The molecule has 2 aliphatic rings. The summed E-state index contributed by atoms with van der Waals surface area (Å²) < 4.78 is 5.35. The fourth-order valence-corrected chi connectivity index (χ4v) is 3.19. The molecule has 1 aromatic carbocycles. The van der Waals surface area contributed by atoms with Crippen molar-refractivity contribution in [3.05, 3.63) is 29.8 Å². The molecule has 20 heavy (non-hydrogen) atoms. The molecule has 3 rings (SSSR count). The van der Waals surface area contributed by atoms with Gasteiger partial charge in [0.25, 0.3) is 0 Å². The van der Waals surface area contributed by atoms with Crippen molar-refractivity contribution in [1.82, 2.24) is 0 Å². The first-order valence-electron chi connectivity index (χ1n) is 7.40. The zero-order valence-corrected chi connectivity index (χ0v) is 12.0. The number of benzene rings is 1. The van der Waals surface area contributed by atoms with Crippen molar-refractivity contribution in [3.63, 3.8) is 0 Å². The normalized spacial score (nSPS) is 25.1. The van der Waals surface area contributed by atoms with Crippen molar-refractivity contribution in [2.45, 2.75) is 44.2 Å². The number of carbonyl (C=O) groups is 1. The van der Waals surface area contributed by atoms with E-state index >= 15 is 0 Å². The molecule has 2 N–H and O–H groups in total. The fraction of sp³-hybridized carbons (Fsp3) is 0.562. The van der Waals surface area contributed by atoms with E-state index in [0.717, 1.165) is 18.5 Å². The minimum atomic E-state index is -0.767. The van der Waals surface area contributed by atoms with E-state index in [1.807, 2.05) is 23.1 Å². The van der Waals surface area contributed by atoms with Gasteiger partial charge in [-0.25, -0.2) is 0 Å². The summed E-state index contributed by atoms with van der Waals surface area (Å²) in [6.45, 7) is 3.26. The fourth-order valence-electron chi connectivity index (χ4n) is 3.19. The molecule has 1 atom stereocenters. The van der Waals surface area contributed by atoms with Crippen molar-refractivity contribution in [3.8, 4) is 0 Å². The number of aryl methyl sites for hydroxylation is 1. The zero-order chi connectivity index (χ0) is 14.2. The van der Waals surface area contributed by atoms with E-state index in [-0.39, 0.29) is 11.9 Å². The molecule has 0 bridgehead atoms. The third-order valence-corrected chi connectivity index (χ3v) is 4.55. The Hall–Kier alpha value is -1.39. The zero-order valence-electron chi connectivity index (χ0n) is 12.0. The first kappa shape index (κ1) is 13.6. The van der Waals surface area contributed by atoms with Crippen molar-refractivity contribution in [1.29, 1.82) is 0 Å². The lowest BCUT2D eigenvalue weighted by Gasteiger charge is -2.42. The standard InChI is InChI=1S/C16H22N2O2/c1-12-6-7-13-4-2-3-5-14(13)18(12)15(19)16(17)8-10-20-11-9-16/h2-5,12H,6-11,17H2,1H3. The third kappa shape index (κ3) is 2.23. The number of anilines is 1. The number of ether oxygens (including phenoxy) is 1. The third-order valence-electron chi connectivity index (χ3n) is 4.55. The van der Waals surface area contributed by atoms with E-state index in [1.54, 1.807) is 0 Å². The number of nitrogens with zero attached hydrogens (tertiary/aromatic N) is 1. The molecular weight excluding hydrogens is 252 g/mol. The molecule has 0 saturated carbocycles. The second-order valence-corrected chi connectivity index (χ2v) is 5.96. The smallest absolute Gasteiger partial charge is 0.247 e. The lowest BCUT2D eigenvalue weighted by Crippen LogP contribution is -2.60. The van der Waals surface area contributed by atoms with Crippen LogP contribution in [0.1, 0.15) is 31.7 Å². The highest BCUT2D eigenvalue weighted by molar-refractivity contribution is 6.01. The van der Waals surface area contributed by atoms with Crippen LogP contribution in [0.4, 0.5) is 5.69 Å². The molecule has 2 aliphatic heterocycles. The predicted octanol–water partition coefficient (Wildman–Crippen LogP) is 1.86. The lowest BCUT2D eigenvalue weighted by atomic mass is 9.87. The number of hydrogen-bond acceptors (Lipinski definition) is 3. The number of nitrogens with two attached hydrogens (primary N) is 1. The van der Waals surface area contributed by atoms with E-state index in [9.17, 15) is 4.79 Å². The van der Waals surface area contributed by atoms with Crippen LogP contribution in [-0.2, 0) is 16.0 Å². The van der Waals surface area contributed by atoms with Gasteiger partial charge in [0.2, 0.25) is 5.91 Å². The van der Waals surface area contributed by atoms with Crippen LogP contribution in [0.15, 0.2) is 24.3 Å². The molecular formula is C16H22N2O2. The monoisotopic (exact) mass is 274 g/mol. The Labute approximate surface area is 119 Å². The molecule has 1 aromatic rings. The summed E-state index contributed by atoms with van der Waals surface area (Å²) in [7, 11) is 0. The van der Waals surface area contributed by atoms with Gasteiger partial charge in [-0.05, 0) is 44.2 Å². The van der Waals surface area contributed by atoms with Crippen LogP contribution in [0.5, 0.6) is 0 Å². The van der Waals surface area contributed by atoms with Gasteiger partial charge in [-0.15, -0.1) is 0 Å². The Bertz CT molecular complexity index is 509. The highest BCUT2D eigenvalue weighted by Crippen LogP contribution is 2.33. The number of amides is 1. The maximum atomic E-state index is 13.0. The molecule has 1 saturated heterocycles. The molecule has 0 aliphatic carbocycles. The van der Waals surface area contributed by atoms with Crippen LogP contribution in [0.25, 0.3) is 0 Å². The summed E-state index contributed by atoms with van der Waals surface area (Å²) in [5.74, 6) is 0.0560. The van der Waals surface area contributed by atoms with Crippen LogP contribution in [-0.4, -0.2) is 30.7 Å². The van der Waals surface area contributed by atoms with E-state index in [4.69, 9.17) is 10.5 Å². The average molecular weight is 274 g/mol. The van der Waals surface area contributed by atoms with Gasteiger partial charge in [0.1, 0.15) is 5.54 Å². The van der Waals surface area contributed by atoms with Crippen molar-refractivity contribution < 1.29 is 9.53 Å². The summed E-state index contributed by atoms with van der Waals surface area (Å²) in [4.78, 5) is 14.9. The van der Waals surface area contributed by atoms with Crippen LogP contribution >= 0.6 is 0 Å². The molecule has 0 radical (unpaired) electrons. The molecule has 2 heterocycles. The minimum Gasteiger partial charge on any atom is -0.381 e. The molecule has 0 aromatic heterocycles. The van der Waals surface area contributed by atoms with E-state index in [2.05, 4.69) is 13.0 Å². The number of fused-ring (bicyclic) bond motifs is 1. The Balaban J connectivity index is 1.94. The van der Waals surface area contributed by atoms with Crippen LogP contribution < -0.4 is 10.6 Å². The molecule has 4 nitrogen and oxygen atoms in total. The number of para-hydroxylation sites is 1. The Kier molecular flexibility index (Phi) is 3.52. The van der Waals surface area contributed by atoms with Gasteiger partial charge in [0.15, 0.2) is 0 Å². The van der Waals surface area contributed by atoms with Crippen molar-refractivity contribution >= 4 is 11.6 Å². The molecule has 0 spiro atoms. The van der Waals surface area contributed by atoms with Crippen LogP contribution in [0.3, 0.4) is 0 Å². The summed E-state index contributed by atoms with van der Waals surface area (Å²) in [6, 6.07) is 8.37. The van der Waals surface area contributed by atoms with Gasteiger partial charge in [-0.2, -0.15) is 0 Å². The number of carbonyl (C=O) groups excluding carboxylic acids is 1. The largest absolute Gasteiger partial charge is 0.381 e. The van der Waals surface area contributed by atoms with Crippen LogP contribution in [0, 0.1) is 0 Å². The Morgan fingerprint density at radius 3 is 2.80 bits per heavy atom. The SMILES string of the molecule is CC1CCc2ccccc2N1C(=O)C1(N)CCOCC1. The molecule has 4 heteroatoms. The summed E-state index contributed by atoms with van der Waals surface area (Å²) in [6.07, 6.45) is 3.24. The van der Waals surface area contributed by atoms with E-state index in [1.165, 1.54) is 5.56 Å². The van der Waals surface area contributed by atoms with Crippen LogP contribution in [0.2, 0.25) is 0 Å². The first-order valence-corrected chi connectivity index (χ1v) is 7.40. The molecule has 108 valence electrons. The first-order chi connectivity index (χ1) is 9.62. The second-order valence-electron chi connectivity index (χ2n) is 5.96. The topological polar surface area (TPSA) is 55.6 Å². The van der Waals surface area contributed by atoms with E-state index < -0.39 is 5.54 Å². The van der Waals surface area contributed by atoms with Gasteiger partial charge in [-0.1, -0.05) is 18.2 Å². The van der Waals surface area contributed by atoms with E-state index in [0.29, 0.717) is 26.1 Å². The maximum absolute atomic E-state index is 13.0. The summed E-state index contributed by atoms with van der Waals surface area (Å²) in [5.41, 5.74) is 7.89. The highest BCUT2D eigenvalue weighted by atomic mass is 16.5. The summed E-state index contributed by atoms with van der Waals surface area (Å²) >= 11 is 0. The summed E-state index contributed by atoms with van der Waals surface area (Å²) in [5, 5.41) is 0. The van der Waals surface area contributed by atoms with Gasteiger partial charge >= 0.3 is 0 Å². The van der Waals surface area contributed by atoms with Gasteiger partial charge in [0, 0.05) is 24.9 Å². The predicted molar refractivity (Wildman–Crippen MR) is 78.7 cm³/mol. The van der Waals surface area contributed by atoms with Gasteiger partial charge in [-0.3, -0.25) is 4.79 Å². The van der Waals surface area contributed by atoms with Gasteiger partial charge in [0.05, 0.1) is 0 Å². The Morgan fingerprint density at radius 2 is 2.05 bits per heavy atom. The van der Waals surface area contributed by atoms with Crippen molar-refractivity contribution in [2.75, 3.05) is 18.1 Å². The molecule has 1 unspecified atom stereocenters. The minimum absolute atomic E-state index is 0.0560.